The largest absolute Gasteiger partial charge is 0.459 e. The number of esters is 1. The summed E-state index contributed by atoms with van der Waals surface area (Å²) in [5.74, 6) is -0.435. The van der Waals surface area contributed by atoms with Crippen LogP contribution in [0.4, 0.5) is 5.69 Å². The van der Waals surface area contributed by atoms with Gasteiger partial charge < -0.3 is 20.5 Å². The summed E-state index contributed by atoms with van der Waals surface area (Å²) in [5, 5.41) is 34.2. The van der Waals surface area contributed by atoms with Gasteiger partial charge in [0.25, 0.3) is 5.69 Å². The lowest BCUT2D eigenvalue weighted by molar-refractivity contribution is -0.384. The van der Waals surface area contributed by atoms with Gasteiger partial charge in [0, 0.05) is 24.2 Å². The zero-order chi connectivity index (χ0) is 40.1. The van der Waals surface area contributed by atoms with E-state index in [1.807, 2.05) is 12.1 Å². The zero-order valence-corrected chi connectivity index (χ0v) is 41.3. The molecule has 0 amide bonds. The number of benzene rings is 5. The lowest BCUT2D eigenvalue weighted by Gasteiger charge is -2.33. The molecule has 7 rings (SSSR count). The Hall–Kier alpha value is -3.32. The second kappa shape index (κ2) is 27.8. The van der Waals surface area contributed by atoms with Gasteiger partial charge in [-0.2, -0.15) is 54.0 Å². The van der Waals surface area contributed by atoms with Gasteiger partial charge in [0.2, 0.25) is 0 Å². The first kappa shape index (κ1) is 56.7. The van der Waals surface area contributed by atoms with Crippen molar-refractivity contribution in [3.05, 3.63) is 161 Å². The molecule has 2 fully saturated rings. The molecule has 4 atom stereocenters. The minimum absolute atomic E-state index is 0. The summed E-state index contributed by atoms with van der Waals surface area (Å²) in [6.07, 6.45) is 5.76. The third-order valence-corrected chi connectivity index (χ3v) is 20.9. The number of ether oxygens (including phenoxy) is 1. The van der Waals surface area contributed by atoms with Gasteiger partial charge in [0.1, 0.15) is 22.3 Å². The van der Waals surface area contributed by atoms with Crippen molar-refractivity contribution < 1.29 is 19.6 Å². The van der Waals surface area contributed by atoms with E-state index in [9.17, 15) is 20.0 Å². The first-order valence-corrected chi connectivity index (χ1v) is 25.9. The fraction of sp³-hybridized carbons (Fsp3) is 0.354. The smallest absolute Gasteiger partial charge is 0.338 e. The number of aliphatic hydroxyl groups is 1. The van der Waals surface area contributed by atoms with Crippen molar-refractivity contribution in [2.75, 3.05) is 13.1 Å². The van der Waals surface area contributed by atoms with E-state index < -0.39 is 27.0 Å². The predicted octanol–water partition coefficient (Wildman–Crippen LogP) is 7.63. The van der Waals surface area contributed by atoms with Crippen LogP contribution in [-0.4, -0.2) is 69.5 Å². The topological polar surface area (TPSA) is 114 Å². The second-order valence-corrected chi connectivity index (χ2v) is 24.5. The average molecular weight is 953 g/mol. The summed E-state index contributed by atoms with van der Waals surface area (Å²) in [5.41, 5.74) is 0.286. The molecule has 2 saturated heterocycles. The molecule has 62 heavy (non-hydrogen) atoms. The molecule has 0 bridgehead atoms. The van der Waals surface area contributed by atoms with Gasteiger partial charge in [-0.15, -0.1) is 0 Å². The molecule has 0 aromatic heterocycles. The molecule has 2 aliphatic heterocycles. The van der Waals surface area contributed by atoms with Gasteiger partial charge in [0.15, 0.2) is 0 Å². The van der Waals surface area contributed by atoms with E-state index in [-0.39, 0.29) is 79.3 Å². The summed E-state index contributed by atoms with van der Waals surface area (Å²) in [6, 6.07) is 50.7. The number of non-ortho nitro benzene ring substituents is 1. The number of hydrogen-bond acceptors (Lipinski definition) is 7. The van der Waals surface area contributed by atoms with Crippen LogP contribution in [0, 0.1) is 10.1 Å². The Balaban J connectivity index is 0.000000608. The fourth-order valence-electron chi connectivity index (χ4n) is 8.71. The minimum atomic E-state index is -2.22. The Labute approximate surface area is 400 Å². The van der Waals surface area contributed by atoms with Crippen molar-refractivity contribution in [1.82, 2.24) is 10.6 Å². The van der Waals surface area contributed by atoms with Crippen LogP contribution in [0.25, 0.3) is 0 Å². The Morgan fingerprint density at radius 2 is 1.02 bits per heavy atom. The van der Waals surface area contributed by atoms with Crippen LogP contribution in [-0.2, 0) is 4.74 Å². The molecule has 3 N–H and O–H groups in total. The van der Waals surface area contributed by atoms with Gasteiger partial charge >= 0.3 is 5.97 Å². The average Bonchev–Trinajstić information content (AvgIpc) is 3.97. The number of nitrogens with zero attached hydrogens (tertiary/aromatic N) is 1. The number of nitro benzene ring substituents is 1. The fourth-order valence-corrected chi connectivity index (χ4v) is 16.3. The van der Waals surface area contributed by atoms with E-state index in [1.165, 1.54) is 57.9 Å². The Kier molecular flexibility index (Phi) is 25.4. The summed E-state index contributed by atoms with van der Waals surface area (Å²) in [6.45, 7) is 6.82. The molecule has 5 aromatic rings. The van der Waals surface area contributed by atoms with Crippen molar-refractivity contribution in [2.45, 2.75) is 95.4 Å². The molecule has 0 spiro atoms. The summed E-state index contributed by atoms with van der Waals surface area (Å²) in [7, 11) is -4.14. The standard InChI is InChI=1S/C27H30N2O4Si.C20H27NOSi.CH4.4H2S/c1-34(25-10-4-2-5-11-25,26-12-6-3-7-13-26)20-24(19-22-9-8-18-28-22)33-27(30)21-14-16-23(17-15-21)29(31)32;1-23(19-10-4-2-5-11-19,20-12-6-3-7-13-20)16-18(22)15-17-9-8-14-21-17;;;;;/h2-7,10-17,22,24,28H,8-9,18-20H2,1H3;2-7,10-13,17-18,21-22H,8-9,14-16H2,1H3;1H4;4*1H2/t22-,24-;17-,18-;;;;;/m00...../s1. The number of carbonyl (C=O) groups is 1. The Bertz CT molecular complexity index is 1920. The molecule has 14 heteroatoms. The molecule has 0 saturated carbocycles. The second-order valence-electron chi connectivity index (χ2n) is 16.1. The number of nitro groups is 1. The molecule has 8 nitrogen and oxygen atoms in total. The molecular weight excluding hydrogens is 883 g/mol. The number of carbonyl (C=O) groups excluding carboxylic acids is 1. The lowest BCUT2D eigenvalue weighted by atomic mass is 10.1. The normalized spacial score (nSPS) is 16.4. The van der Waals surface area contributed by atoms with Gasteiger partial charge in [-0.25, -0.2) is 4.79 Å². The van der Waals surface area contributed by atoms with E-state index in [2.05, 4.69) is 133 Å². The predicted molar refractivity (Wildman–Crippen MR) is 285 cm³/mol. The molecule has 5 aromatic carbocycles. The van der Waals surface area contributed by atoms with Gasteiger partial charge in [-0.3, -0.25) is 10.1 Å². The van der Waals surface area contributed by atoms with Crippen LogP contribution in [0.3, 0.4) is 0 Å². The van der Waals surface area contributed by atoms with Crippen LogP contribution in [0.15, 0.2) is 146 Å². The number of aliphatic hydroxyl groups excluding tert-OH is 1. The molecule has 2 aliphatic rings. The van der Waals surface area contributed by atoms with Crippen molar-refractivity contribution >= 4 is 103 Å². The zero-order valence-electron chi connectivity index (χ0n) is 35.3. The van der Waals surface area contributed by atoms with Crippen LogP contribution >= 0.6 is 54.0 Å². The third-order valence-electron chi connectivity index (χ3n) is 11.9. The van der Waals surface area contributed by atoms with Crippen molar-refractivity contribution in [1.29, 1.82) is 0 Å². The lowest BCUT2D eigenvalue weighted by Crippen LogP contribution is -2.57. The van der Waals surface area contributed by atoms with Crippen molar-refractivity contribution in [3.8, 4) is 0 Å². The molecule has 0 aliphatic carbocycles. The van der Waals surface area contributed by atoms with Crippen LogP contribution < -0.4 is 31.4 Å². The highest BCUT2D eigenvalue weighted by atomic mass is 32.1. The van der Waals surface area contributed by atoms with Crippen LogP contribution in [0.2, 0.25) is 25.2 Å². The highest BCUT2D eigenvalue weighted by molar-refractivity contribution is 7.59. The highest BCUT2D eigenvalue weighted by Crippen LogP contribution is 2.24. The summed E-state index contributed by atoms with van der Waals surface area (Å²) < 4.78 is 6.12. The summed E-state index contributed by atoms with van der Waals surface area (Å²) in [4.78, 5) is 23.6. The maximum atomic E-state index is 13.1. The van der Waals surface area contributed by atoms with E-state index in [4.69, 9.17) is 4.74 Å². The van der Waals surface area contributed by atoms with E-state index >= 15 is 0 Å². The van der Waals surface area contributed by atoms with Crippen molar-refractivity contribution in [3.63, 3.8) is 0 Å². The van der Waals surface area contributed by atoms with Crippen LogP contribution in [0.5, 0.6) is 0 Å². The molecule has 2 heterocycles. The maximum Gasteiger partial charge on any atom is 0.338 e. The molecular formula is C48H69N3O5S4Si2. The van der Waals surface area contributed by atoms with E-state index in [1.54, 1.807) is 0 Å². The van der Waals surface area contributed by atoms with Gasteiger partial charge in [-0.05, 0) is 75.8 Å². The van der Waals surface area contributed by atoms with E-state index in [0.717, 1.165) is 50.9 Å². The number of nitrogens with one attached hydrogen (secondary N) is 2. The minimum Gasteiger partial charge on any atom is -0.459 e. The molecule has 338 valence electrons. The van der Waals surface area contributed by atoms with Crippen molar-refractivity contribution in [2.24, 2.45) is 0 Å². The van der Waals surface area contributed by atoms with Crippen LogP contribution in [0.1, 0.15) is 56.3 Å². The van der Waals surface area contributed by atoms with Gasteiger partial charge in [0.05, 0.1) is 16.6 Å². The molecule has 0 unspecified atom stereocenters. The Morgan fingerprint density at radius 1 is 0.645 bits per heavy atom. The number of rotatable bonds is 15. The maximum absolute atomic E-state index is 13.1. The molecule has 0 radical (unpaired) electrons. The Morgan fingerprint density at radius 3 is 1.37 bits per heavy atom. The highest BCUT2D eigenvalue weighted by Gasteiger charge is 2.38. The van der Waals surface area contributed by atoms with Gasteiger partial charge in [-0.1, -0.05) is 163 Å². The summed E-state index contributed by atoms with van der Waals surface area (Å²) >= 11 is 0. The SMILES string of the molecule is C.C[Si](C[C@@H](O)C[C@@H]1CCCN1)(c1ccccc1)c1ccccc1.C[Si](C[C@H](C[C@@H]1CCCN1)OC(=O)c1ccc([N+](=O)[O-])cc1)(c1ccccc1)c1ccccc1.S.S.S.S. The van der Waals surface area contributed by atoms with E-state index in [0.29, 0.717) is 17.6 Å². The monoisotopic (exact) mass is 951 g/mol. The first-order chi connectivity index (χ1) is 27.6. The number of hydrogen-bond donors (Lipinski definition) is 3. The third kappa shape index (κ3) is 15.4. The first-order valence-electron chi connectivity index (χ1n) is 20.5. The quantitative estimate of drug-likeness (QED) is 0.0429.